The fourth-order valence-corrected chi connectivity index (χ4v) is 4.16. The van der Waals surface area contributed by atoms with Gasteiger partial charge in [0.15, 0.2) is 11.6 Å². The van der Waals surface area contributed by atoms with E-state index in [1.54, 1.807) is 23.6 Å². The molecule has 1 N–H and O–H groups in total. The van der Waals surface area contributed by atoms with Crippen LogP contribution in [0.3, 0.4) is 0 Å². The number of hydrogen-bond acceptors (Lipinski definition) is 3. The van der Waals surface area contributed by atoms with E-state index < -0.39 is 29.0 Å². The molecule has 4 rings (SSSR count). The highest BCUT2D eigenvalue weighted by Crippen LogP contribution is 2.35. The van der Waals surface area contributed by atoms with Gasteiger partial charge in [0.2, 0.25) is 0 Å². The molecule has 3 aromatic carbocycles. The van der Waals surface area contributed by atoms with Gasteiger partial charge in [-0.3, -0.25) is 0 Å². The summed E-state index contributed by atoms with van der Waals surface area (Å²) in [5, 5.41) is 12.7. The summed E-state index contributed by atoms with van der Waals surface area (Å²) in [4.78, 5) is 16.3. The summed E-state index contributed by atoms with van der Waals surface area (Å²) in [6.45, 7) is 0. The first kappa shape index (κ1) is 21.4. The zero-order valence-corrected chi connectivity index (χ0v) is 17.6. The van der Waals surface area contributed by atoms with Crippen LogP contribution in [0.15, 0.2) is 53.9 Å². The minimum Gasteiger partial charge on any atom is -0.478 e. The topological polar surface area (TPSA) is 50.2 Å². The summed E-state index contributed by atoms with van der Waals surface area (Å²) in [5.41, 5.74) is 0.856. The molecule has 0 aliphatic rings. The summed E-state index contributed by atoms with van der Waals surface area (Å²) < 4.78 is 41.5. The highest BCUT2D eigenvalue weighted by molar-refractivity contribution is 7.13. The lowest BCUT2D eigenvalue weighted by atomic mass is 9.97. The van der Waals surface area contributed by atoms with Crippen LogP contribution in [0.5, 0.6) is 0 Å². The number of hydrogen-bond donors (Lipinski definition) is 1. The summed E-state index contributed by atoms with van der Waals surface area (Å²) >= 11 is 13.2. The number of thiazole rings is 1. The fraction of sp³-hybridized carbons (Fsp3) is 0. The van der Waals surface area contributed by atoms with Gasteiger partial charge in [0, 0.05) is 28.1 Å². The number of nitrogens with zero attached hydrogens (tertiary/aromatic N) is 1. The Morgan fingerprint density at radius 2 is 1.65 bits per heavy atom. The van der Waals surface area contributed by atoms with E-state index in [0.717, 1.165) is 11.6 Å². The Morgan fingerprint density at radius 1 is 0.903 bits per heavy atom. The van der Waals surface area contributed by atoms with Crippen molar-refractivity contribution in [2.75, 3.05) is 0 Å². The summed E-state index contributed by atoms with van der Waals surface area (Å²) in [6, 6.07) is 10.3. The van der Waals surface area contributed by atoms with Crippen LogP contribution in [-0.4, -0.2) is 16.1 Å². The molecule has 31 heavy (non-hydrogen) atoms. The summed E-state index contributed by atoms with van der Waals surface area (Å²) in [5.74, 6) is -5.11. The maximum Gasteiger partial charge on any atom is 0.336 e. The standard InChI is InChI=1S/C22H10Cl2F3NO2S/c23-16-4-2-10(6-17(16)24)19-9-31-21(28-19)11-1-3-13(15(5-11)22(29)30)14-7-12(25)8-18(26)20(14)27/h1-9H,(H,29,30). The Labute approximate surface area is 188 Å². The van der Waals surface area contributed by atoms with E-state index >= 15 is 0 Å². The van der Waals surface area contributed by atoms with Gasteiger partial charge in [0.05, 0.1) is 21.3 Å². The molecule has 1 aromatic heterocycles. The van der Waals surface area contributed by atoms with Crippen molar-refractivity contribution in [2.45, 2.75) is 0 Å². The Balaban J connectivity index is 1.78. The highest BCUT2D eigenvalue weighted by Gasteiger charge is 2.20. The molecule has 156 valence electrons. The average molecular weight is 480 g/mol. The number of aromatic nitrogens is 1. The molecular formula is C22H10Cl2F3NO2S. The molecule has 1 heterocycles. The van der Waals surface area contributed by atoms with Gasteiger partial charge >= 0.3 is 5.97 Å². The number of carboxylic acids is 1. The molecule has 0 unspecified atom stereocenters. The van der Waals surface area contributed by atoms with E-state index in [4.69, 9.17) is 23.2 Å². The molecule has 0 aliphatic heterocycles. The largest absolute Gasteiger partial charge is 0.478 e. The Hall–Kier alpha value is -2.87. The molecule has 0 bridgehead atoms. The van der Waals surface area contributed by atoms with Crippen molar-refractivity contribution in [2.24, 2.45) is 0 Å². The summed E-state index contributed by atoms with van der Waals surface area (Å²) in [6.07, 6.45) is 0. The lowest BCUT2D eigenvalue weighted by Gasteiger charge is -2.10. The maximum atomic E-state index is 14.2. The lowest BCUT2D eigenvalue weighted by Crippen LogP contribution is -2.02. The molecule has 0 saturated heterocycles. The second kappa shape index (κ2) is 8.34. The van der Waals surface area contributed by atoms with Crippen LogP contribution in [0.25, 0.3) is 33.0 Å². The van der Waals surface area contributed by atoms with Crippen LogP contribution in [0, 0.1) is 17.5 Å². The Morgan fingerprint density at radius 3 is 2.35 bits per heavy atom. The molecular weight excluding hydrogens is 470 g/mol. The van der Waals surface area contributed by atoms with E-state index in [1.807, 2.05) is 0 Å². The maximum absolute atomic E-state index is 14.2. The van der Waals surface area contributed by atoms with E-state index in [9.17, 15) is 23.1 Å². The van der Waals surface area contributed by atoms with Crippen molar-refractivity contribution in [3.8, 4) is 33.0 Å². The van der Waals surface area contributed by atoms with Crippen LogP contribution in [0.2, 0.25) is 10.0 Å². The van der Waals surface area contributed by atoms with Crippen molar-refractivity contribution in [1.29, 1.82) is 0 Å². The Kier molecular flexibility index (Phi) is 5.75. The molecule has 3 nitrogen and oxygen atoms in total. The molecule has 0 atom stereocenters. The van der Waals surface area contributed by atoms with Crippen LogP contribution in [-0.2, 0) is 0 Å². The second-order valence-electron chi connectivity index (χ2n) is 6.48. The normalized spacial score (nSPS) is 11.0. The van der Waals surface area contributed by atoms with Crippen molar-refractivity contribution in [3.05, 3.63) is 87.0 Å². The number of aromatic carboxylic acids is 1. The number of benzene rings is 3. The summed E-state index contributed by atoms with van der Waals surface area (Å²) in [7, 11) is 0. The molecule has 9 heteroatoms. The smallest absolute Gasteiger partial charge is 0.336 e. The van der Waals surface area contributed by atoms with Crippen molar-refractivity contribution in [3.63, 3.8) is 0 Å². The first-order valence-corrected chi connectivity index (χ1v) is 10.3. The minimum atomic E-state index is -1.40. The average Bonchev–Trinajstić information content (AvgIpc) is 3.22. The molecule has 0 aliphatic carbocycles. The van der Waals surface area contributed by atoms with Gasteiger partial charge in [0.25, 0.3) is 0 Å². The number of halogens is 5. The molecule has 0 fully saturated rings. The molecule has 0 amide bonds. The third-order valence-corrected chi connectivity index (χ3v) is 6.13. The number of rotatable bonds is 4. The van der Waals surface area contributed by atoms with Gasteiger partial charge < -0.3 is 5.11 Å². The van der Waals surface area contributed by atoms with Gasteiger partial charge in [-0.25, -0.2) is 22.9 Å². The minimum absolute atomic E-state index is 0.145. The van der Waals surface area contributed by atoms with E-state index in [1.165, 1.54) is 29.5 Å². The fourth-order valence-electron chi connectivity index (χ4n) is 3.04. The predicted molar refractivity (Wildman–Crippen MR) is 115 cm³/mol. The zero-order chi connectivity index (χ0) is 22.3. The molecule has 0 spiro atoms. The van der Waals surface area contributed by atoms with Crippen LogP contribution in [0.1, 0.15) is 10.4 Å². The van der Waals surface area contributed by atoms with Gasteiger partial charge in [-0.1, -0.05) is 41.4 Å². The van der Waals surface area contributed by atoms with Crippen LogP contribution >= 0.6 is 34.5 Å². The van der Waals surface area contributed by atoms with Gasteiger partial charge in [-0.15, -0.1) is 11.3 Å². The van der Waals surface area contributed by atoms with Gasteiger partial charge in [0.1, 0.15) is 10.8 Å². The van der Waals surface area contributed by atoms with E-state index in [2.05, 4.69) is 4.98 Å². The number of carboxylic acid groups (broad SMARTS) is 1. The third-order valence-electron chi connectivity index (χ3n) is 4.50. The van der Waals surface area contributed by atoms with Crippen molar-refractivity contribution in [1.82, 2.24) is 4.98 Å². The lowest BCUT2D eigenvalue weighted by molar-refractivity contribution is 0.0697. The zero-order valence-electron chi connectivity index (χ0n) is 15.3. The van der Waals surface area contributed by atoms with Gasteiger partial charge in [-0.05, 0) is 29.8 Å². The van der Waals surface area contributed by atoms with Crippen molar-refractivity contribution >= 4 is 40.5 Å². The molecule has 0 saturated carbocycles. The van der Waals surface area contributed by atoms with E-state index in [-0.39, 0.29) is 11.1 Å². The predicted octanol–water partition coefficient (Wildman–Crippen LogP) is 7.57. The van der Waals surface area contributed by atoms with Crippen LogP contribution < -0.4 is 0 Å². The van der Waals surface area contributed by atoms with E-state index in [0.29, 0.717) is 32.4 Å². The monoisotopic (exact) mass is 479 g/mol. The second-order valence-corrected chi connectivity index (χ2v) is 8.15. The van der Waals surface area contributed by atoms with Crippen molar-refractivity contribution < 1.29 is 23.1 Å². The first-order chi connectivity index (χ1) is 14.7. The Bertz CT molecular complexity index is 1340. The first-order valence-electron chi connectivity index (χ1n) is 8.68. The molecule has 0 radical (unpaired) electrons. The van der Waals surface area contributed by atoms with Gasteiger partial charge in [-0.2, -0.15) is 0 Å². The number of carbonyl (C=O) groups is 1. The molecule has 4 aromatic rings. The highest BCUT2D eigenvalue weighted by atomic mass is 35.5. The quantitative estimate of drug-likeness (QED) is 0.307. The third kappa shape index (κ3) is 4.17. The SMILES string of the molecule is O=C(O)c1cc(-c2nc(-c3ccc(Cl)c(Cl)c3)cs2)ccc1-c1cc(F)cc(F)c1F. The van der Waals surface area contributed by atoms with Crippen LogP contribution in [0.4, 0.5) is 13.2 Å².